The fraction of sp³-hybridized carbons (Fsp3) is 0.500. The van der Waals surface area contributed by atoms with Gasteiger partial charge in [-0.3, -0.25) is 9.59 Å². The molecule has 5 nitrogen and oxygen atoms in total. The normalized spacial score (nSPS) is 10.1. The Kier molecular flexibility index (Phi) is 9.07. The maximum absolute atomic E-state index is 11.6. The molecule has 0 radical (unpaired) electrons. The second kappa shape index (κ2) is 10.9. The van der Waals surface area contributed by atoms with E-state index in [4.69, 9.17) is 16.3 Å². The number of ether oxygens (including phenoxy) is 1. The molecule has 0 fully saturated rings. The van der Waals surface area contributed by atoms with Gasteiger partial charge in [0.15, 0.2) is 0 Å². The molecule has 0 atom stereocenters. The van der Waals surface area contributed by atoms with Crippen LogP contribution in [0.4, 0.5) is 0 Å². The summed E-state index contributed by atoms with van der Waals surface area (Å²) in [7, 11) is 0. The first-order chi connectivity index (χ1) is 10.6. The summed E-state index contributed by atoms with van der Waals surface area (Å²) >= 11 is 5.96. The second-order valence-corrected chi connectivity index (χ2v) is 5.24. The van der Waals surface area contributed by atoms with Gasteiger partial charge in [-0.2, -0.15) is 0 Å². The maximum atomic E-state index is 11.6. The van der Waals surface area contributed by atoms with Gasteiger partial charge in [-0.15, -0.1) is 0 Å². The van der Waals surface area contributed by atoms with Crippen molar-refractivity contribution < 1.29 is 14.3 Å². The second-order valence-electron chi connectivity index (χ2n) is 4.83. The van der Waals surface area contributed by atoms with Crippen molar-refractivity contribution in [3.8, 4) is 5.75 Å². The zero-order valence-corrected chi connectivity index (χ0v) is 13.6. The van der Waals surface area contributed by atoms with Gasteiger partial charge in [-0.1, -0.05) is 30.7 Å². The molecule has 0 aliphatic rings. The van der Waals surface area contributed by atoms with Crippen molar-refractivity contribution in [2.45, 2.75) is 32.6 Å². The van der Waals surface area contributed by atoms with Gasteiger partial charge in [0, 0.05) is 25.9 Å². The van der Waals surface area contributed by atoms with Gasteiger partial charge in [0.1, 0.15) is 5.75 Å². The molecule has 1 rings (SSSR count). The summed E-state index contributed by atoms with van der Waals surface area (Å²) in [4.78, 5) is 22.9. The minimum Gasteiger partial charge on any atom is -0.492 e. The van der Waals surface area contributed by atoms with Crippen molar-refractivity contribution in [2.24, 2.45) is 0 Å². The number of carbonyl (C=O) groups is 2. The molecule has 0 aromatic heterocycles. The number of carbonyl (C=O) groups excluding carboxylic acids is 2. The SMILES string of the molecule is CCCNC(=O)CCNC(=O)CCCOc1ccccc1Cl. The van der Waals surface area contributed by atoms with Gasteiger partial charge >= 0.3 is 0 Å². The molecule has 0 bridgehead atoms. The number of hydrogen-bond donors (Lipinski definition) is 2. The Morgan fingerprint density at radius 1 is 1.09 bits per heavy atom. The lowest BCUT2D eigenvalue weighted by Gasteiger charge is -2.08. The van der Waals surface area contributed by atoms with E-state index in [0.717, 1.165) is 6.42 Å². The molecule has 0 aliphatic heterocycles. The maximum Gasteiger partial charge on any atom is 0.221 e. The van der Waals surface area contributed by atoms with Gasteiger partial charge in [0.2, 0.25) is 11.8 Å². The predicted octanol–water partition coefficient (Wildman–Crippen LogP) is 2.53. The first-order valence-corrected chi connectivity index (χ1v) is 7.92. The lowest BCUT2D eigenvalue weighted by atomic mass is 10.3. The average molecular weight is 327 g/mol. The average Bonchev–Trinajstić information content (AvgIpc) is 2.51. The van der Waals surface area contributed by atoms with Gasteiger partial charge < -0.3 is 15.4 Å². The largest absolute Gasteiger partial charge is 0.492 e. The lowest BCUT2D eigenvalue weighted by Crippen LogP contribution is -2.31. The van der Waals surface area contributed by atoms with Crippen LogP contribution in [0, 0.1) is 0 Å². The van der Waals surface area contributed by atoms with Crippen LogP contribution in [-0.2, 0) is 9.59 Å². The van der Waals surface area contributed by atoms with Crippen molar-refractivity contribution in [3.63, 3.8) is 0 Å². The Hall–Kier alpha value is -1.75. The van der Waals surface area contributed by atoms with Crippen LogP contribution in [0.5, 0.6) is 5.75 Å². The van der Waals surface area contributed by atoms with Crippen LogP contribution >= 0.6 is 11.6 Å². The Morgan fingerprint density at radius 3 is 2.50 bits per heavy atom. The number of rotatable bonds is 10. The summed E-state index contributed by atoms with van der Waals surface area (Å²) in [5, 5.41) is 6.04. The Bertz CT molecular complexity index is 480. The van der Waals surface area contributed by atoms with E-state index in [-0.39, 0.29) is 11.8 Å². The number of benzene rings is 1. The zero-order chi connectivity index (χ0) is 16.2. The molecule has 1 aromatic rings. The predicted molar refractivity (Wildman–Crippen MR) is 87.1 cm³/mol. The third kappa shape index (κ3) is 7.88. The van der Waals surface area contributed by atoms with Crippen LogP contribution in [0.2, 0.25) is 5.02 Å². The number of halogens is 1. The molecule has 1 aromatic carbocycles. The molecular weight excluding hydrogens is 304 g/mol. The van der Waals surface area contributed by atoms with Crippen LogP contribution in [0.1, 0.15) is 32.6 Å². The summed E-state index contributed by atoms with van der Waals surface area (Å²) in [6.45, 7) is 3.45. The van der Waals surface area contributed by atoms with E-state index in [1.165, 1.54) is 0 Å². The smallest absolute Gasteiger partial charge is 0.221 e. The topological polar surface area (TPSA) is 67.4 Å². The number of amides is 2. The Morgan fingerprint density at radius 2 is 1.77 bits per heavy atom. The van der Waals surface area contributed by atoms with E-state index in [9.17, 15) is 9.59 Å². The fourth-order valence-electron chi connectivity index (χ4n) is 1.73. The molecule has 0 saturated heterocycles. The number of para-hydroxylation sites is 1. The Balaban J connectivity index is 2.06. The van der Waals surface area contributed by atoms with E-state index in [2.05, 4.69) is 10.6 Å². The van der Waals surface area contributed by atoms with Crippen molar-refractivity contribution in [1.29, 1.82) is 0 Å². The highest BCUT2D eigenvalue weighted by molar-refractivity contribution is 6.32. The minimum absolute atomic E-state index is 0.0378. The molecule has 0 aliphatic carbocycles. The highest BCUT2D eigenvalue weighted by Crippen LogP contribution is 2.23. The van der Waals surface area contributed by atoms with Crippen molar-refractivity contribution in [1.82, 2.24) is 10.6 Å². The molecule has 0 unspecified atom stereocenters. The quantitative estimate of drug-likeness (QED) is 0.649. The van der Waals surface area contributed by atoms with Crippen molar-refractivity contribution in [2.75, 3.05) is 19.7 Å². The highest BCUT2D eigenvalue weighted by Gasteiger charge is 2.04. The fourth-order valence-corrected chi connectivity index (χ4v) is 1.92. The minimum atomic E-state index is -0.0777. The number of hydrogen-bond acceptors (Lipinski definition) is 3. The van der Waals surface area contributed by atoms with Gasteiger partial charge in [0.25, 0.3) is 0 Å². The molecule has 0 saturated carbocycles. The van der Waals surface area contributed by atoms with E-state index in [1.807, 2.05) is 19.1 Å². The van der Waals surface area contributed by atoms with E-state index < -0.39 is 0 Å². The zero-order valence-electron chi connectivity index (χ0n) is 12.9. The standard InChI is InChI=1S/C16H23ClN2O3/c1-2-10-18-16(21)9-11-19-15(20)8-5-12-22-14-7-4-3-6-13(14)17/h3-4,6-7H,2,5,8-12H2,1H3,(H,18,21)(H,19,20). The van der Waals surface area contributed by atoms with Gasteiger partial charge in [-0.05, 0) is 25.0 Å². The van der Waals surface area contributed by atoms with Crippen molar-refractivity contribution in [3.05, 3.63) is 29.3 Å². The molecule has 22 heavy (non-hydrogen) atoms. The third-order valence-electron chi connectivity index (χ3n) is 2.89. The van der Waals surface area contributed by atoms with Crippen LogP contribution < -0.4 is 15.4 Å². The molecule has 2 amide bonds. The Labute approximate surface area is 136 Å². The van der Waals surface area contributed by atoms with Gasteiger partial charge in [-0.25, -0.2) is 0 Å². The molecule has 0 heterocycles. The molecule has 6 heteroatoms. The van der Waals surface area contributed by atoms with Crippen molar-refractivity contribution >= 4 is 23.4 Å². The summed E-state index contributed by atoms with van der Waals surface area (Å²) in [6.07, 6.45) is 2.17. The molecule has 0 spiro atoms. The van der Waals surface area contributed by atoms with E-state index >= 15 is 0 Å². The summed E-state index contributed by atoms with van der Waals surface area (Å²) in [6, 6.07) is 7.22. The monoisotopic (exact) mass is 326 g/mol. The molecule has 2 N–H and O–H groups in total. The molecular formula is C16H23ClN2O3. The van der Waals surface area contributed by atoms with E-state index in [1.54, 1.807) is 12.1 Å². The third-order valence-corrected chi connectivity index (χ3v) is 3.20. The molecule has 122 valence electrons. The van der Waals surface area contributed by atoms with Crippen LogP contribution in [-0.4, -0.2) is 31.5 Å². The van der Waals surface area contributed by atoms with E-state index in [0.29, 0.717) is 49.7 Å². The summed E-state index contributed by atoms with van der Waals surface area (Å²) in [5.41, 5.74) is 0. The lowest BCUT2D eigenvalue weighted by molar-refractivity contribution is -0.122. The highest BCUT2D eigenvalue weighted by atomic mass is 35.5. The summed E-state index contributed by atoms with van der Waals surface area (Å²) < 4.78 is 5.50. The van der Waals surface area contributed by atoms with Crippen LogP contribution in [0.3, 0.4) is 0 Å². The van der Waals surface area contributed by atoms with Gasteiger partial charge in [0.05, 0.1) is 11.6 Å². The number of nitrogens with one attached hydrogen (secondary N) is 2. The first-order valence-electron chi connectivity index (χ1n) is 7.54. The van der Waals surface area contributed by atoms with Crippen LogP contribution in [0.25, 0.3) is 0 Å². The first kappa shape index (κ1) is 18.3. The summed E-state index contributed by atoms with van der Waals surface area (Å²) in [5.74, 6) is 0.507. The van der Waals surface area contributed by atoms with Crippen LogP contribution in [0.15, 0.2) is 24.3 Å².